The highest BCUT2D eigenvalue weighted by Crippen LogP contribution is 2.23. The topological polar surface area (TPSA) is 83.8 Å². The number of hydrogen-bond acceptors (Lipinski definition) is 5. The molecule has 2 heterocycles. The van der Waals surface area contributed by atoms with Crippen molar-refractivity contribution < 1.29 is 18.7 Å². The van der Waals surface area contributed by atoms with Crippen molar-refractivity contribution in [3.05, 3.63) is 78.3 Å². The monoisotopic (exact) mass is 419 g/mol. The van der Waals surface area contributed by atoms with Crippen LogP contribution in [0.15, 0.2) is 71.3 Å². The number of carbonyl (C=O) groups is 2. The highest BCUT2D eigenvalue weighted by atomic mass is 16.5. The molecule has 160 valence electrons. The van der Waals surface area contributed by atoms with Crippen molar-refractivity contribution in [3.8, 4) is 0 Å². The fourth-order valence-electron chi connectivity index (χ4n) is 3.69. The van der Waals surface area contributed by atoms with Gasteiger partial charge in [0.15, 0.2) is 5.76 Å². The van der Waals surface area contributed by atoms with Gasteiger partial charge in [-0.2, -0.15) is 0 Å². The van der Waals surface area contributed by atoms with E-state index in [4.69, 9.17) is 9.15 Å². The number of carbonyl (C=O) groups excluding carboxylic acids is 2. The molecular formula is C24H25N3O4. The van der Waals surface area contributed by atoms with Gasteiger partial charge < -0.3 is 24.7 Å². The van der Waals surface area contributed by atoms with Crippen LogP contribution in [-0.4, -0.2) is 37.1 Å². The van der Waals surface area contributed by atoms with Crippen molar-refractivity contribution in [2.24, 2.45) is 0 Å². The van der Waals surface area contributed by atoms with Crippen LogP contribution in [0.25, 0.3) is 0 Å². The molecule has 1 fully saturated rings. The molecule has 1 aliphatic heterocycles. The van der Waals surface area contributed by atoms with Crippen LogP contribution >= 0.6 is 0 Å². The molecule has 2 atom stereocenters. The Balaban J connectivity index is 1.39. The Labute approximate surface area is 181 Å². The summed E-state index contributed by atoms with van der Waals surface area (Å²) in [5.74, 6) is -0.417. The zero-order valence-corrected chi connectivity index (χ0v) is 17.5. The predicted octanol–water partition coefficient (Wildman–Crippen LogP) is 4.40. The molecule has 0 saturated carbocycles. The molecule has 0 spiro atoms. The summed E-state index contributed by atoms with van der Waals surface area (Å²) in [5, 5.41) is 5.63. The smallest absolute Gasteiger partial charge is 0.291 e. The first-order chi connectivity index (χ1) is 15.0. The number of nitrogens with one attached hydrogen (secondary N) is 2. The van der Waals surface area contributed by atoms with E-state index in [0.29, 0.717) is 16.9 Å². The maximum absolute atomic E-state index is 12.7. The average molecular weight is 419 g/mol. The van der Waals surface area contributed by atoms with Gasteiger partial charge in [-0.1, -0.05) is 6.07 Å². The summed E-state index contributed by atoms with van der Waals surface area (Å²) in [6.07, 6.45) is 1.80. The molecule has 4 rings (SSSR count). The van der Waals surface area contributed by atoms with Crippen LogP contribution in [0, 0.1) is 0 Å². The number of nitrogens with zero attached hydrogens (tertiary/aromatic N) is 1. The van der Waals surface area contributed by atoms with Crippen LogP contribution in [0.2, 0.25) is 0 Å². The molecular weight excluding hydrogens is 394 g/mol. The second-order valence-corrected chi connectivity index (χ2v) is 7.68. The summed E-state index contributed by atoms with van der Waals surface area (Å²) < 4.78 is 10.9. The van der Waals surface area contributed by atoms with Crippen molar-refractivity contribution in [2.45, 2.75) is 26.1 Å². The summed E-state index contributed by atoms with van der Waals surface area (Å²) in [7, 11) is 0. The lowest BCUT2D eigenvalue weighted by Gasteiger charge is -2.36. The summed E-state index contributed by atoms with van der Waals surface area (Å²) in [4.78, 5) is 27.1. The lowest BCUT2D eigenvalue weighted by Crippen LogP contribution is -2.45. The maximum Gasteiger partial charge on any atom is 0.291 e. The number of rotatable bonds is 5. The Morgan fingerprint density at radius 2 is 1.58 bits per heavy atom. The third kappa shape index (κ3) is 5.13. The number of anilines is 3. The zero-order chi connectivity index (χ0) is 21.8. The molecule has 0 unspecified atom stereocenters. The third-order valence-corrected chi connectivity index (χ3v) is 5.04. The third-order valence-electron chi connectivity index (χ3n) is 5.04. The van der Waals surface area contributed by atoms with Gasteiger partial charge in [-0.3, -0.25) is 9.59 Å². The van der Waals surface area contributed by atoms with Crippen molar-refractivity contribution in [1.82, 2.24) is 0 Å². The Morgan fingerprint density at radius 1 is 0.871 bits per heavy atom. The van der Waals surface area contributed by atoms with E-state index < -0.39 is 0 Å². The lowest BCUT2D eigenvalue weighted by atomic mass is 10.1. The predicted molar refractivity (Wildman–Crippen MR) is 120 cm³/mol. The Hall–Kier alpha value is -3.58. The van der Waals surface area contributed by atoms with Gasteiger partial charge in [0.05, 0.1) is 18.5 Å². The van der Waals surface area contributed by atoms with Gasteiger partial charge in [-0.15, -0.1) is 0 Å². The molecule has 0 radical (unpaired) electrons. The summed E-state index contributed by atoms with van der Waals surface area (Å²) in [5.41, 5.74) is 2.76. The van der Waals surface area contributed by atoms with Gasteiger partial charge in [-0.05, 0) is 68.4 Å². The first-order valence-electron chi connectivity index (χ1n) is 10.2. The van der Waals surface area contributed by atoms with Gasteiger partial charge in [0.1, 0.15) is 0 Å². The summed E-state index contributed by atoms with van der Waals surface area (Å²) in [6, 6.07) is 17.8. The number of ether oxygens (including phenoxy) is 1. The van der Waals surface area contributed by atoms with Crippen LogP contribution < -0.4 is 15.5 Å². The summed E-state index contributed by atoms with van der Waals surface area (Å²) >= 11 is 0. The van der Waals surface area contributed by atoms with Gasteiger partial charge in [0, 0.05) is 35.7 Å². The molecule has 3 aromatic rings. The molecule has 7 heteroatoms. The number of amides is 2. The van der Waals surface area contributed by atoms with Crippen LogP contribution in [0.4, 0.5) is 17.1 Å². The molecule has 2 amide bonds. The van der Waals surface area contributed by atoms with Crippen LogP contribution in [0.5, 0.6) is 0 Å². The maximum atomic E-state index is 12.7. The van der Waals surface area contributed by atoms with E-state index in [-0.39, 0.29) is 29.8 Å². The molecule has 1 saturated heterocycles. The standard InChI is InChI=1S/C24H25N3O4/c1-16-14-27(15-17(2)31-16)21-10-8-19(9-11-21)25-23(28)18-5-3-6-20(13-18)26-24(29)22-7-4-12-30-22/h3-13,16-17H,14-15H2,1-2H3,(H,25,28)(H,26,29)/t16-,17-/m1/s1. The molecule has 2 aromatic carbocycles. The van der Waals surface area contributed by atoms with Gasteiger partial charge >= 0.3 is 0 Å². The number of hydrogen-bond donors (Lipinski definition) is 2. The molecule has 0 aliphatic carbocycles. The quantitative estimate of drug-likeness (QED) is 0.641. The number of morpholine rings is 1. The molecule has 1 aliphatic rings. The van der Waals surface area contributed by atoms with Crippen LogP contribution in [0.3, 0.4) is 0 Å². The fraction of sp³-hybridized carbons (Fsp3) is 0.250. The number of furan rings is 1. The zero-order valence-electron chi connectivity index (χ0n) is 17.5. The van der Waals surface area contributed by atoms with Gasteiger partial charge in [-0.25, -0.2) is 0 Å². The SMILES string of the molecule is C[C@@H]1CN(c2ccc(NC(=O)c3cccc(NC(=O)c4ccco4)c3)cc2)C[C@@H](C)O1. The molecule has 1 aromatic heterocycles. The second-order valence-electron chi connectivity index (χ2n) is 7.68. The number of benzene rings is 2. The van der Waals surface area contributed by atoms with Crippen molar-refractivity contribution in [2.75, 3.05) is 28.6 Å². The van der Waals surface area contributed by atoms with E-state index in [1.165, 1.54) is 6.26 Å². The minimum atomic E-state index is -0.370. The van der Waals surface area contributed by atoms with E-state index in [2.05, 4.69) is 29.4 Å². The van der Waals surface area contributed by atoms with E-state index in [1.807, 2.05) is 24.3 Å². The van der Waals surface area contributed by atoms with E-state index >= 15 is 0 Å². The van der Waals surface area contributed by atoms with Crippen LogP contribution in [0.1, 0.15) is 34.8 Å². The largest absolute Gasteiger partial charge is 0.459 e. The lowest BCUT2D eigenvalue weighted by molar-refractivity contribution is -0.00521. The molecule has 0 bridgehead atoms. The van der Waals surface area contributed by atoms with Crippen molar-refractivity contribution >= 4 is 28.9 Å². The average Bonchev–Trinajstić information content (AvgIpc) is 3.29. The molecule has 2 N–H and O–H groups in total. The Morgan fingerprint density at radius 3 is 2.26 bits per heavy atom. The summed E-state index contributed by atoms with van der Waals surface area (Å²) in [6.45, 7) is 5.82. The fourth-order valence-corrected chi connectivity index (χ4v) is 3.69. The first-order valence-corrected chi connectivity index (χ1v) is 10.2. The molecule has 7 nitrogen and oxygen atoms in total. The van der Waals surface area contributed by atoms with Crippen molar-refractivity contribution in [3.63, 3.8) is 0 Å². The minimum Gasteiger partial charge on any atom is -0.459 e. The van der Waals surface area contributed by atoms with E-state index in [0.717, 1.165) is 18.8 Å². The van der Waals surface area contributed by atoms with Crippen LogP contribution in [-0.2, 0) is 4.74 Å². The highest BCUT2D eigenvalue weighted by molar-refractivity contribution is 6.06. The Kier molecular flexibility index (Phi) is 6.04. The van der Waals surface area contributed by atoms with E-state index in [9.17, 15) is 9.59 Å². The Bertz CT molecular complexity index is 1040. The first kappa shape index (κ1) is 20.7. The van der Waals surface area contributed by atoms with E-state index in [1.54, 1.807) is 36.4 Å². The van der Waals surface area contributed by atoms with Crippen molar-refractivity contribution in [1.29, 1.82) is 0 Å². The second kappa shape index (κ2) is 9.06. The van der Waals surface area contributed by atoms with Gasteiger partial charge in [0.25, 0.3) is 11.8 Å². The molecule has 31 heavy (non-hydrogen) atoms. The highest BCUT2D eigenvalue weighted by Gasteiger charge is 2.22. The van der Waals surface area contributed by atoms with Gasteiger partial charge in [0.2, 0.25) is 0 Å². The normalized spacial score (nSPS) is 18.5. The minimum absolute atomic E-state index is 0.184.